The summed E-state index contributed by atoms with van der Waals surface area (Å²) >= 11 is 0. The molecule has 4 heteroatoms. The fraction of sp³-hybridized carbons (Fsp3) is 1.00. The molecule has 410 valence electrons. The summed E-state index contributed by atoms with van der Waals surface area (Å²) < 4.78 is 0. The highest BCUT2D eigenvalue weighted by Gasteiger charge is 2.48. The first-order valence-corrected chi connectivity index (χ1v) is 34.8. The highest BCUT2D eigenvalue weighted by molar-refractivity contribution is 5.03. The Bertz CT molecular complexity index is 1400. The molecule has 6 atom stereocenters. The Morgan fingerprint density at radius 2 is 0.361 bits per heavy atom. The van der Waals surface area contributed by atoms with Gasteiger partial charge in [0.2, 0.25) is 0 Å². The molecular formula is C68H118N4. The predicted octanol–water partition coefficient (Wildman–Crippen LogP) is 18.0. The van der Waals surface area contributed by atoms with Crippen LogP contribution in [0, 0.1) is 35.5 Å². The van der Waals surface area contributed by atoms with E-state index in [0.717, 1.165) is 108 Å². The molecule has 0 aromatic rings. The van der Waals surface area contributed by atoms with Gasteiger partial charge in [0.05, 0.1) is 0 Å². The number of fused-ring (bicyclic) bond motifs is 2. The minimum absolute atomic E-state index is 0.885. The third-order valence-corrected chi connectivity index (χ3v) is 25.8. The minimum Gasteiger partial charge on any atom is -0.294 e. The standard InChI is InChI=1S/C68H118N4/c1-5-23-55(24-6-1)69(56-25-7-2-8-26-56)59-43-47-63(48-44-59)71(67-33-17-21-53-19-13-15-31-65(53)67)61-39-35-51(36-40-61)52-37-41-62(42-38-52)72(68-34-18-22-54-20-14-16-32-66(54)68)64-49-45-60(46-50-64)70(57-27-9-3-10-28-57)58-29-11-4-12-30-58/h51-68H,1-50H2. The van der Waals surface area contributed by atoms with Gasteiger partial charge in [0.15, 0.2) is 0 Å². The van der Waals surface area contributed by atoms with E-state index in [1.165, 1.54) is 218 Å². The van der Waals surface area contributed by atoms with E-state index in [2.05, 4.69) is 19.6 Å². The number of rotatable bonds is 13. The third-order valence-electron chi connectivity index (χ3n) is 25.8. The molecule has 12 aliphatic rings. The van der Waals surface area contributed by atoms with Crippen molar-refractivity contribution in [3.63, 3.8) is 0 Å². The molecule has 0 heterocycles. The smallest absolute Gasteiger partial charge is 0.0132 e. The van der Waals surface area contributed by atoms with Crippen molar-refractivity contribution in [2.75, 3.05) is 0 Å². The van der Waals surface area contributed by atoms with E-state index >= 15 is 0 Å². The van der Waals surface area contributed by atoms with Gasteiger partial charge >= 0.3 is 0 Å². The molecule has 72 heavy (non-hydrogen) atoms. The van der Waals surface area contributed by atoms with Crippen LogP contribution in [0.2, 0.25) is 0 Å². The van der Waals surface area contributed by atoms with Gasteiger partial charge in [0, 0.05) is 72.5 Å². The van der Waals surface area contributed by atoms with Gasteiger partial charge in [-0.05, 0) is 215 Å². The van der Waals surface area contributed by atoms with Crippen LogP contribution in [0.15, 0.2) is 0 Å². The number of hydrogen-bond acceptors (Lipinski definition) is 4. The van der Waals surface area contributed by atoms with Crippen LogP contribution >= 0.6 is 0 Å². The molecule has 12 aliphatic carbocycles. The van der Waals surface area contributed by atoms with Crippen LogP contribution in [0.25, 0.3) is 0 Å². The second-order valence-corrected chi connectivity index (χ2v) is 29.4. The molecule has 4 nitrogen and oxygen atoms in total. The van der Waals surface area contributed by atoms with E-state index in [1.54, 1.807) is 103 Å². The zero-order valence-electron chi connectivity index (χ0n) is 47.5. The van der Waals surface area contributed by atoms with Crippen molar-refractivity contribution in [1.29, 1.82) is 0 Å². The van der Waals surface area contributed by atoms with Crippen molar-refractivity contribution in [2.45, 2.75) is 394 Å². The highest BCUT2D eigenvalue weighted by atomic mass is 15.3. The maximum Gasteiger partial charge on any atom is 0.0132 e. The van der Waals surface area contributed by atoms with E-state index < -0.39 is 0 Å². The van der Waals surface area contributed by atoms with Crippen LogP contribution in [0.1, 0.15) is 321 Å². The van der Waals surface area contributed by atoms with E-state index in [1.807, 2.05) is 0 Å². The average Bonchev–Trinajstić information content (AvgIpc) is 3.46. The molecule has 0 amide bonds. The monoisotopic (exact) mass is 991 g/mol. The van der Waals surface area contributed by atoms with Crippen molar-refractivity contribution in [3.05, 3.63) is 0 Å². The SMILES string of the molecule is C1CCC(N(C2CCCCC2)C2CCC(N(C3CCC(C4CCC(N(C5CCC(N(C6CCCCC6)C6CCCCC6)CC5)C5CCCC6CCCCC65)CC4)CC3)C3CCCC4CCCCC43)CC2)CC1. The molecule has 12 rings (SSSR count). The lowest BCUT2D eigenvalue weighted by molar-refractivity contribution is -0.0586. The first-order chi connectivity index (χ1) is 35.7. The largest absolute Gasteiger partial charge is 0.294 e. The lowest BCUT2D eigenvalue weighted by atomic mass is 9.65. The Labute approximate surface area is 446 Å². The minimum atomic E-state index is 0.885. The second kappa shape index (κ2) is 25.7. The van der Waals surface area contributed by atoms with Gasteiger partial charge in [-0.2, -0.15) is 0 Å². The normalized spacial score (nSPS) is 42.2. The van der Waals surface area contributed by atoms with Gasteiger partial charge in [-0.15, -0.1) is 0 Å². The van der Waals surface area contributed by atoms with Crippen molar-refractivity contribution in [3.8, 4) is 0 Å². The van der Waals surface area contributed by atoms with E-state index in [4.69, 9.17) is 0 Å². The molecule has 12 fully saturated rings. The summed E-state index contributed by atoms with van der Waals surface area (Å²) in [4.78, 5) is 13.4. The number of nitrogens with zero attached hydrogens (tertiary/aromatic N) is 4. The van der Waals surface area contributed by atoms with Crippen LogP contribution in [-0.4, -0.2) is 92.1 Å². The van der Waals surface area contributed by atoms with Crippen molar-refractivity contribution >= 4 is 0 Å². The Morgan fingerprint density at radius 1 is 0.139 bits per heavy atom. The van der Waals surface area contributed by atoms with E-state index in [9.17, 15) is 0 Å². The summed E-state index contributed by atoms with van der Waals surface area (Å²) in [7, 11) is 0. The predicted molar refractivity (Wildman–Crippen MR) is 305 cm³/mol. The molecule has 0 N–H and O–H groups in total. The fourth-order valence-corrected chi connectivity index (χ4v) is 22.6. The van der Waals surface area contributed by atoms with Gasteiger partial charge in [0.1, 0.15) is 0 Å². The summed E-state index contributed by atoms with van der Waals surface area (Å²) in [6.07, 6.45) is 76.5. The molecule has 0 bridgehead atoms. The molecule has 0 spiro atoms. The van der Waals surface area contributed by atoms with Crippen LogP contribution in [0.4, 0.5) is 0 Å². The van der Waals surface area contributed by atoms with Gasteiger partial charge < -0.3 is 0 Å². The van der Waals surface area contributed by atoms with Gasteiger partial charge in [-0.25, -0.2) is 0 Å². The van der Waals surface area contributed by atoms with Crippen LogP contribution < -0.4 is 0 Å². The Kier molecular flexibility index (Phi) is 18.8. The third kappa shape index (κ3) is 12.0. The Hall–Kier alpha value is -0.160. The summed E-state index contributed by atoms with van der Waals surface area (Å²) in [6.45, 7) is 0. The summed E-state index contributed by atoms with van der Waals surface area (Å²) in [5, 5.41) is 0. The lowest BCUT2D eigenvalue weighted by Gasteiger charge is -2.56. The second-order valence-electron chi connectivity index (χ2n) is 29.4. The molecule has 12 saturated carbocycles. The van der Waals surface area contributed by atoms with Gasteiger partial charge in [-0.1, -0.05) is 141 Å². The number of hydrogen-bond donors (Lipinski definition) is 0. The topological polar surface area (TPSA) is 13.0 Å². The van der Waals surface area contributed by atoms with Crippen LogP contribution in [0.3, 0.4) is 0 Å². The molecular weight excluding hydrogens is 873 g/mol. The zero-order valence-corrected chi connectivity index (χ0v) is 47.5. The molecule has 0 aromatic heterocycles. The highest BCUT2D eigenvalue weighted by Crippen LogP contribution is 2.51. The Morgan fingerprint density at radius 3 is 0.667 bits per heavy atom. The molecule has 6 unspecified atom stereocenters. The van der Waals surface area contributed by atoms with Crippen molar-refractivity contribution < 1.29 is 0 Å². The van der Waals surface area contributed by atoms with Gasteiger partial charge in [-0.3, -0.25) is 19.6 Å². The van der Waals surface area contributed by atoms with Crippen LogP contribution in [0.5, 0.6) is 0 Å². The molecule has 0 aromatic carbocycles. The fourth-order valence-electron chi connectivity index (χ4n) is 22.6. The summed E-state index contributed by atoms with van der Waals surface area (Å²) in [5.74, 6) is 6.22. The Balaban J connectivity index is 0.700. The van der Waals surface area contributed by atoms with E-state index in [-0.39, 0.29) is 0 Å². The summed E-state index contributed by atoms with van der Waals surface area (Å²) in [6, 6.07) is 10.8. The summed E-state index contributed by atoms with van der Waals surface area (Å²) in [5.41, 5.74) is 0. The molecule has 0 saturated heterocycles. The van der Waals surface area contributed by atoms with Crippen LogP contribution in [-0.2, 0) is 0 Å². The zero-order chi connectivity index (χ0) is 48.1. The quantitative estimate of drug-likeness (QED) is 0.182. The van der Waals surface area contributed by atoms with Crippen molar-refractivity contribution in [2.24, 2.45) is 35.5 Å². The first-order valence-electron chi connectivity index (χ1n) is 34.8. The maximum atomic E-state index is 3.44. The molecule has 0 aliphatic heterocycles. The van der Waals surface area contributed by atoms with Gasteiger partial charge in [0.25, 0.3) is 0 Å². The average molecular weight is 992 g/mol. The first kappa shape index (κ1) is 52.5. The van der Waals surface area contributed by atoms with E-state index in [0.29, 0.717) is 0 Å². The molecule has 0 radical (unpaired) electrons. The van der Waals surface area contributed by atoms with Crippen molar-refractivity contribution in [1.82, 2.24) is 19.6 Å². The lowest BCUT2D eigenvalue weighted by Crippen LogP contribution is -2.59. The maximum absolute atomic E-state index is 3.44.